The van der Waals surface area contributed by atoms with Crippen LogP contribution in [-0.4, -0.2) is 40.1 Å². The van der Waals surface area contributed by atoms with Crippen LogP contribution in [0.25, 0.3) is 0 Å². The Bertz CT molecular complexity index is 9.65. The van der Waals surface area contributed by atoms with Gasteiger partial charge in [-0.25, -0.2) is 0 Å². The number of hydrogen-bond acceptors (Lipinski definition) is 0. The minimum atomic E-state index is -0.639. The molecule has 0 radical (unpaired) electrons. The van der Waals surface area contributed by atoms with Crippen molar-refractivity contribution in [1.29, 1.82) is 0 Å². The van der Waals surface area contributed by atoms with E-state index < -0.39 is 18.2 Å². The fourth-order valence-electron chi connectivity index (χ4n) is 0. The third-order valence-electron chi connectivity index (χ3n) is 0. The van der Waals surface area contributed by atoms with Crippen molar-refractivity contribution < 1.29 is 21.9 Å². The van der Waals surface area contributed by atoms with Gasteiger partial charge in [0, 0.05) is 0 Å². The lowest BCUT2D eigenvalue weighted by Crippen LogP contribution is -1.36. The smallest absolute Gasteiger partial charge is 0.412 e. The van der Waals surface area contributed by atoms with E-state index in [0.717, 1.165) is 0 Å². The van der Waals surface area contributed by atoms with E-state index in [1.807, 2.05) is 0 Å². The van der Waals surface area contributed by atoms with Crippen molar-refractivity contribution in [3.63, 3.8) is 0 Å². The lowest BCUT2D eigenvalue weighted by Gasteiger charge is -1.33. The Kier molecular flexibility index (Phi) is 342. The molecular formula is H8Cl2MgO4. The van der Waals surface area contributed by atoms with E-state index in [4.69, 9.17) is 18.1 Å². The van der Waals surface area contributed by atoms with Gasteiger partial charge in [0.05, 0.1) is 0 Å². The summed E-state index contributed by atoms with van der Waals surface area (Å²) in [6.45, 7) is 0. The van der Waals surface area contributed by atoms with Crippen LogP contribution in [0.3, 0.4) is 0 Å². The van der Waals surface area contributed by atoms with Gasteiger partial charge in [-0.05, 0) is 0 Å². The quantitative estimate of drug-likeness (QED) is 0.360. The Morgan fingerprint density at radius 2 is 0.714 bits per heavy atom. The third-order valence-corrected chi connectivity index (χ3v) is 0. The van der Waals surface area contributed by atoms with Crippen molar-refractivity contribution in [3.05, 3.63) is 0 Å². The molecule has 0 aromatic rings. The predicted octanol–water partition coefficient (Wildman–Crippen LogP) is -2.30. The van der Waals surface area contributed by atoms with E-state index >= 15 is 0 Å². The Morgan fingerprint density at radius 1 is 0.714 bits per heavy atom. The number of halogens is 2. The summed E-state index contributed by atoms with van der Waals surface area (Å²) in [6.07, 6.45) is 0. The number of hydrogen-bond donors (Lipinski definition) is 0. The first-order valence-electron chi connectivity index (χ1n) is 0.535. The van der Waals surface area contributed by atoms with E-state index in [0.29, 0.717) is 0 Å². The summed E-state index contributed by atoms with van der Waals surface area (Å²) in [5.41, 5.74) is 0. The van der Waals surface area contributed by atoms with Crippen LogP contribution < -0.4 is 0 Å². The molecule has 48 valence electrons. The largest absolute Gasteiger partial charge is 0.618 e. The molecule has 7 heteroatoms. The summed E-state index contributed by atoms with van der Waals surface area (Å²) in [5, 5.41) is 0. The predicted molar refractivity (Wildman–Crippen MR) is 31.9 cm³/mol. The maximum absolute atomic E-state index is 4.90. The minimum absolute atomic E-state index is 0. The van der Waals surface area contributed by atoms with Gasteiger partial charge in [-0.3, -0.25) is 0 Å². The molecule has 0 bridgehead atoms. The normalized spacial score (nSPS) is 1.43. The summed E-state index contributed by atoms with van der Waals surface area (Å²) in [5.74, 6) is 0. The first-order chi connectivity index (χ1) is 1.41. The van der Waals surface area contributed by atoms with Crippen LogP contribution in [0.1, 0.15) is 0 Å². The van der Waals surface area contributed by atoms with E-state index in [2.05, 4.69) is 0 Å². The Labute approximate surface area is 58.3 Å². The molecule has 0 aliphatic rings. The van der Waals surface area contributed by atoms with Crippen LogP contribution in [-0.2, 0) is 0 Å². The van der Waals surface area contributed by atoms with Crippen LogP contribution in [0.2, 0.25) is 0 Å². The molecule has 0 heterocycles. The van der Waals surface area contributed by atoms with Gasteiger partial charge in [-0.2, -0.15) is 0 Å². The van der Waals surface area contributed by atoms with Crippen LogP contribution >= 0.6 is 18.1 Å². The molecule has 8 N–H and O–H groups in total. The van der Waals surface area contributed by atoms with Crippen LogP contribution in [0.15, 0.2) is 0 Å². The lowest BCUT2D eigenvalue weighted by molar-refractivity contribution is 0.823. The van der Waals surface area contributed by atoms with Crippen molar-refractivity contribution in [1.82, 2.24) is 0 Å². The standard InChI is InChI=1S/2ClH.Mg.4H2O/h2*1H;;4*1H2/q;;+2;;;;/p-2. The van der Waals surface area contributed by atoms with Gasteiger partial charge in [-0.15, -0.1) is 0 Å². The molecule has 0 aromatic heterocycles. The summed E-state index contributed by atoms with van der Waals surface area (Å²) in [7, 11) is 9.81. The van der Waals surface area contributed by atoms with Gasteiger partial charge in [0.1, 0.15) is 0 Å². The topological polar surface area (TPSA) is 126 Å². The molecule has 0 aliphatic heterocycles. The maximum Gasteiger partial charge on any atom is 0.618 e. The second kappa shape index (κ2) is 57.5. The van der Waals surface area contributed by atoms with Gasteiger partial charge in [0.2, 0.25) is 0 Å². The fourth-order valence-corrected chi connectivity index (χ4v) is 0. The molecule has 0 aliphatic carbocycles. The van der Waals surface area contributed by atoms with Crippen molar-refractivity contribution in [2.45, 2.75) is 0 Å². The minimum Gasteiger partial charge on any atom is -0.412 e. The zero-order valence-corrected chi connectivity index (χ0v) is 6.39. The van der Waals surface area contributed by atoms with Gasteiger partial charge in [0.15, 0.2) is 0 Å². The summed E-state index contributed by atoms with van der Waals surface area (Å²) < 4.78 is 0. The van der Waals surface area contributed by atoms with Crippen molar-refractivity contribution in [3.8, 4) is 0 Å². The molecule has 0 atom stereocenters. The molecule has 0 rings (SSSR count). The van der Waals surface area contributed by atoms with Crippen LogP contribution in [0.4, 0.5) is 0 Å². The zero-order valence-electron chi connectivity index (χ0n) is 3.46. The third kappa shape index (κ3) is 137. The Hall–Kier alpha value is 1.19. The van der Waals surface area contributed by atoms with Crippen LogP contribution in [0, 0.1) is 0 Å². The Morgan fingerprint density at radius 3 is 0.714 bits per heavy atom. The summed E-state index contributed by atoms with van der Waals surface area (Å²) in [6, 6.07) is 0. The SMILES string of the molecule is O.O.O.O.[Cl][Mg][Cl]. The van der Waals surface area contributed by atoms with E-state index in [-0.39, 0.29) is 21.9 Å². The molecule has 0 fully saturated rings. The highest BCUT2D eigenvalue weighted by molar-refractivity contribution is 7.22. The van der Waals surface area contributed by atoms with Crippen LogP contribution in [0.5, 0.6) is 0 Å². The molecule has 4 nitrogen and oxygen atoms in total. The molecule has 0 spiro atoms. The summed E-state index contributed by atoms with van der Waals surface area (Å²) >= 11 is -0.639. The van der Waals surface area contributed by atoms with Gasteiger partial charge < -0.3 is 40.0 Å². The van der Waals surface area contributed by atoms with E-state index in [1.54, 1.807) is 0 Å². The first kappa shape index (κ1) is 41.6. The zero-order chi connectivity index (χ0) is 2.71. The monoisotopic (exact) mass is 166 g/mol. The molecule has 0 saturated carbocycles. The first-order valence-corrected chi connectivity index (χ1v) is 4.81. The molecule has 0 aromatic carbocycles. The van der Waals surface area contributed by atoms with E-state index in [1.165, 1.54) is 0 Å². The van der Waals surface area contributed by atoms with Crippen molar-refractivity contribution in [2.24, 2.45) is 0 Å². The average Bonchev–Trinajstić information content (AvgIpc) is 0.918. The van der Waals surface area contributed by atoms with Gasteiger partial charge in [-0.1, -0.05) is 0 Å². The highest BCUT2D eigenvalue weighted by Crippen LogP contribution is 1.67. The molecule has 0 saturated heterocycles. The molecule has 0 unspecified atom stereocenters. The average molecular weight is 167 g/mol. The maximum atomic E-state index is 4.90. The summed E-state index contributed by atoms with van der Waals surface area (Å²) in [4.78, 5) is 0. The second-order valence-electron chi connectivity index (χ2n) is 0.101. The van der Waals surface area contributed by atoms with Crippen molar-refractivity contribution >= 4 is 36.3 Å². The Balaban J connectivity index is -0.00000000333. The van der Waals surface area contributed by atoms with Gasteiger partial charge >= 0.3 is 18.2 Å². The fraction of sp³-hybridized carbons (Fsp3) is 0. The lowest BCUT2D eigenvalue weighted by atomic mass is 16.0. The van der Waals surface area contributed by atoms with E-state index in [9.17, 15) is 0 Å². The highest BCUT2D eigenvalue weighted by atomic mass is 35.6. The van der Waals surface area contributed by atoms with Gasteiger partial charge in [0.25, 0.3) is 0 Å². The molecular weight excluding hydrogens is 159 g/mol. The second-order valence-corrected chi connectivity index (χ2v) is 2.73. The number of rotatable bonds is 0. The molecule has 7 heavy (non-hydrogen) atoms. The highest BCUT2D eigenvalue weighted by Gasteiger charge is 1.64. The van der Waals surface area contributed by atoms with Crippen molar-refractivity contribution in [2.75, 3.05) is 0 Å². The molecule has 0 amide bonds.